The highest BCUT2D eigenvalue weighted by Gasteiger charge is 2.64. The van der Waals surface area contributed by atoms with Crippen LogP contribution in [-0.2, 0) is 17.5 Å². The minimum atomic E-state index is -4.72. The second-order valence-corrected chi connectivity index (χ2v) is 7.19. The van der Waals surface area contributed by atoms with Crippen molar-refractivity contribution in [1.82, 2.24) is 5.06 Å². The molecule has 0 spiro atoms. The quantitative estimate of drug-likeness (QED) is 0.352. The van der Waals surface area contributed by atoms with E-state index in [1.165, 1.54) is 36.4 Å². The molecule has 2 N–H and O–H groups in total. The van der Waals surface area contributed by atoms with Gasteiger partial charge in [0.05, 0.1) is 12.1 Å². The van der Waals surface area contributed by atoms with Crippen molar-refractivity contribution in [3.63, 3.8) is 0 Å². The summed E-state index contributed by atoms with van der Waals surface area (Å²) in [5.41, 5.74) is -1.99. The van der Waals surface area contributed by atoms with Crippen LogP contribution in [0.4, 0.5) is 37.7 Å². The Morgan fingerprint density at radius 2 is 1.43 bits per heavy atom. The van der Waals surface area contributed by atoms with Gasteiger partial charge in [-0.3, -0.25) is 10.0 Å². The van der Waals surface area contributed by atoms with Gasteiger partial charge in [-0.2, -0.15) is 26.3 Å². The van der Waals surface area contributed by atoms with Crippen molar-refractivity contribution in [3.8, 4) is 0 Å². The molecule has 0 radical (unpaired) electrons. The van der Waals surface area contributed by atoms with Crippen LogP contribution in [-0.4, -0.2) is 22.4 Å². The third-order valence-corrected chi connectivity index (χ3v) is 5.18. The highest BCUT2D eigenvalue weighted by atomic mass is 19.4. The summed E-state index contributed by atoms with van der Waals surface area (Å²) in [6.45, 7) is -0.419. The van der Waals surface area contributed by atoms with Crippen LogP contribution in [0.3, 0.4) is 0 Å². The van der Waals surface area contributed by atoms with Crippen LogP contribution >= 0.6 is 0 Å². The Labute approximate surface area is 168 Å². The van der Waals surface area contributed by atoms with Gasteiger partial charge < -0.3 is 5.32 Å². The molecular formula is C20H18F6N2O2. The molecule has 3 rings (SSSR count). The molecule has 1 saturated carbocycles. The van der Waals surface area contributed by atoms with Gasteiger partial charge >= 0.3 is 12.4 Å². The van der Waals surface area contributed by atoms with Crippen molar-refractivity contribution in [1.29, 1.82) is 0 Å². The predicted octanol–water partition coefficient (Wildman–Crippen LogP) is 5.90. The van der Waals surface area contributed by atoms with E-state index in [2.05, 4.69) is 5.32 Å². The first-order chi connectivity index (χ1) is 13.9. The van der Waals surface area contributed by atoms with Crippen LogP contribution in [0.25, 0.3) is 0 Å². The van der Waals surface area contributed by atoms with E-state index in [0.29, 0.717) is 16.9 Å². The molecule has 2 aromatic rings. The zero-order valence-electron chi connectivity index (χ0n) is 15.5. The van der Waals surface area contributed by atoms with E-state index in [9.17, 15) is 36.3 Å². The highest BCUT2D eigenvalue weighted by molar-refractivity contribution is 5.83. The SMILES string of the molecule is O=C(N(O)Cc1ccc(Nc2ccc(C(F)(F)F)cc2)cc1)C1(C(F)(F)F)CCC1. The van der Waals surface area contributed by atoms with Gasteiger partial charge in [0.25, 0.3) is 5.91 Å². The molecule has 162 valence electrons. The number of hydrogen-bond donors (Lipinski definition) is 2. The molecular weight excluding hydrogens is 414 g/mol. The lowest BCUT2D eigenvalue weighted by molar-refractivity contribution is -0.262. The van der Waals surface area contributed by atoms with Gasteiger partial charge in [0.1, 0.15) is 5.41 Å². The Morgan fingerprint density at radius 1 is 0.933 bits per heavy atom. The molecule has 1 aliphatic carbocycles. The maximum atomic E-state index is 13.2. The van der Waals surface area contributed by atoms with E-state index in [-0.39, 0.29) is 24.3 Å². The fourth-order valence-electron chi connectivity index (χ4n) is 3.24. The van der Waals surface area contributed by atoms with Crippen molar-refractivity contribution in [2.45, 2.75) is 38.2 Å². The number of nitrogens with zero attached hydrogens (tertiary/aromatic N) is 1. The number of carbonyl (C=O) groups is 1. The number of alkyl halides is 6. The fourth-order valence-corrected chi connectivity index (χ4v) is 3.24. The van der Waals surface area contributed by atoms with E-state index in [0.717, 1.165) is 12.1 Å². The van der Waals surface area contributed by atoms with E-state index in [4.69, 9.17) is 0 Å². The summed E-state index contributed by atoms with van der Waals surface area (Å²) in [5.74, 6) is -1.37. The zero-order valence-corrected chi connectivity index (χ0v) is 15.5. The van der Waals surface area contributed by atoms with Crippen LogP contribution in [0.15, 0.2) is 48.5 Å². The summed E-state index contributed by atoms with van der Waals surface area (Å²) in [5, 5.41) is 12.9. The molecule has 2 aromatic carbocycles. The van der Waals surface area contributed by atoms with Crippen LogP contribution in [0.2, 0.25) is 0 Å². The monoisotopic (exact) mass is 432 g/mol. The minimum Gasteiger partial charge on any atom is -0.356 e. The van der Waals surface area contributed by atoms with Gasteiger partial charge in [-0.05, 0) is 54.8 Å². The highest BCUT2D eigenvalue weighted by Crippen LogP contribution is 2.54. The number of hydrogen-bond acceptors (Lipinski definition) is 3. The lowest BCUT2D eigenvalue weighted by Crippen LogP contribution is -2.55. The Bertz CT molecular complexity index is 887. The smallest absolute Gasteiger partial charge is 0.356 e. The van der Waals surface area contributed by atoms with Crippen LogP contribution in [0, 0.1) is 5.41 Å². The van der Waals surface area contributed by atoms with E-state index in [1.54, 1.807) is 0 Å². The van der Waals surface area contributed by atoms with Crippen molar-refractivity contribution in [2.24, 2.45) is 5.41 Å². The molecule has 0 saturated heterocycles. The first kappa shape index (κ1) is 21.9. The average molecular weight is 432 g/mol. The molecule has 0 unspecified atom stereocenters. The molecule has 10 heteroatoms. The summed E-state index contributed by atoms with van der Waals surface area (Å²) in [4.78, 5) is 12.2. The summed E-state index contributed by atoms with van der Waals surface area (Å²) in [6.07, 6.45) is -9.58. The van der Waals surface area contributed by atoms with E-state index < -0.39 is 35.8 Å². The normalized spacial score (nSPS) is 16.0. The predicted molar refractivity (Wildman–Crippen MR) is 95.8 cm³/mol. The Balaban J connectivity index is 1.62. The lowest BCUT2D eigenvalue weighted by atomic mass is 9.67. The topological polar surface area (TPSA) is 52.6 Å². The second kappa shape index (κ2) is 7.82. The van der Waals surface area contributed by atoms with Gasteiger partial charge in [0.15, 0.2) is 0 Å². The fraction of sp³-hybridized carbons (Fsp3) is 0.350. The van der Waals surface area contributed by atoms with E-state index in [1.807, 2.05) is 0 Å². The molecule has 0 aromatic heterocycles. The van der Waals surface area contributed by atoms with Crippen molar-refractivity contribution < 1.29 is 36.3 Å². The third-order valence-electron chi connectivity index (χ3n) is 5.18. The maximum Gasteiger partial charge on any atom is 0.416 e. The number of amides is 1. The lowest BCUT2D eigenvalue weighted by Gasteiger charge is -2.42. The van der Waals surface area contributed by atoms with Crippen LogP contribution in [0.5, 0.6) is 0 Å². The van der Waals surface area contributed by atoms with Gasteiger partial charge in [-0.25, -0.2) is 5.06 Å². The molecule has 30 heavy (non-hydrogen) atoms. The van der Waals surface area contributed by atoms with Crippen molar-refractivity contribution in [2.75, 3.05) is 5.32 Å². The molecule has 0 atom stereocenters. The molecule has 0 bridgehead atoms. The van der Waals surface area contributed by atoms with Gasteiger partial charge in [0.2, 0.25) is 0 Å². The Morgan fingerprint density at radius 3 is 1.83 bits per heavy atom. The molecule has 1 aliphatic rings. The van der Waals surface area contributed by atoms with Crippen molar-refractivity contribution >= 4 is 17.3 Å². The summed E-state index contributed by atoms with van der Waals surface area (Å²) in [6, 6.07) is 10.4. The van der Waals surface area contributed by atoms with Crippen molar-refractivity contribution in [3.05, 3.63) is 59.7 Å². The first-order valence-corrected chi connectivity index (χ1v) is 9.03. The molecule has 1 fully saturated rings. The molecule has 0 heterocycles. The zero-order chi connectivity index (χ0) is 22.2. The van der Waals surface area contributed by atoms with Crippen LogP contribution < -0.4 is 5.32 Å². The Kier molecular flexibility index (Phi) is 5.72. The maximum absolute atomic E-state index is 13.2. The summed E-state index contributed by atoms with van der Waals surface area (Å²) < 4.78 is 77.4. The first-order valence-electron chi connectivity index (χ1n) is 9.03. The van der Waals surface area contributed by atoms with E-state index >= 15 is 0 Å². The second-order valence-electron chi connectivity index (χ2n) is 7.19. The Hall–Kier alpha value is -2.75. The summed E-state index contributed by atoms with van der Waals surface area (Å²) >= 11 is 0. The molecule has 4 nitrogen and oxygen atoms in total. The molecule has 0 aliphatic heterocycles. The minimum absolute atomic E-state index is 0.0882. The number of hydroxylamine groups is 2. The average Bonchev–Trinajstić information content (AvgIpc) is 2.60. The largest absolute Gasteiger partial charge is 0.416 e. The number of nitrogens with one attached hydrogen (secondary N) is 1. The van der Waals surface area contributed by atoms with Gasteiger partial charge in [0, 0.05) is 11.4 Å². The number of halogens is 6. The number of anilines is 2. The van der Waals surface area contributed by atoms with Gasteiger partial charge in [-0.1, -0.05) is 18.6 Å². The van der Waals surface area contributed by atoms with Crippen LogP contribution in [0.1, 0.15) is 30.4 Å². The number of benzene rings is 2. The standard InChI is InChI=1S/C20H18F6N2O2/c21-19(22,23)14-4-8-16(9-5-14)27-15-6-2-13(3-7-15)12-28(30)17(29)18(10-1-11-18)20(24,25)26/h2-9,27,30H,1,10-12H2. The third kappa shape index (κ3) is 4.38. The summed E-state index contributed by atoms with van der Waals surface area (Å²) in [7, 11) is 0. The number of rotatable bonds is 5. The van der Waals surface area contributed by atoms with Gasteiger partial charge in [-0.15, -0.1) is 0 Å². The number of carbonyl (C=O) groups excluding carboxylic acids is 1. The molecule has 1 amide bonds.